The molecule has 0 fully saturated rings. The SMILES string of the molecule is CCCc1cc(F)cc(F)c1.N. The molecule has 0 atom stereocenters. The van der Waals surface area contributed by atoms with Gasteiger partial charge in [0, 0.05) is 6.07 Å². The minimum Gasteiger partial charge on any atom is -0.344 e. The maximum Gasteiger partial charge on any atom is 0.126 e. The van der Waals surface area contributed by atoms with Crippen LogP contribution in [0.3, 0.4) is 0 Å². The Morgan fingerprint density at radius 3 is 2.00 bits per heavy atom. The second kappa shape index (κ2) is 4.83. The Balaban J connectivity index is 0.00000121. The molecule has 3 heteroatoms. The summed E-state index contributed by atoms with van der Waals surface area (Å²) in [7, 11) is 0. The van der Waals surface area contributed by atoms with Gasteiger partial charge in [0.15, 0.2) is 0 Å². The zero-order valence-electron chi connectivity index (χ0n) is 7.11. The van der Waals surface area contributed by atoms with E-state index in [9.17, 15) is 8.78 Å². The van der Waals surface area contributed by atoms with Gasteiger partial charge in [0.2, 0.25) is 0 Å². The first kappa shape index (κ1) is 11.0. The molecule has 0 aliphatic heterocycles. The quantitative estimate of drug-likeness (QED) is 0.732. The van der Waals surface area contributed by atoms with E-state index in [4.69, 9.17) is 0 Å². The number of hydrogen-bond donors (Lipinski definition) is 1. The van der Waals surface area contributed by atoms with Gasteiger partial charge in [0.05, 0.1) is 0 Å². The number of halogens is 2. The van der Waals surface area contributed by atoms with Crippen LogP contribution in [-0.4, -0.2) is 0 Å². The Morgan fingerprint density at radius 2 is 1.58 bits per heavy atom. The smallest absolute Gasteiger partial charge is 0.126 e. The van der Waals surface area contributed by atoms with Gasteiger partial charge in [-0.05, 0) is 24.1 Å². The molecule has 0 amide bonds. The molecule has 0 aliphatic rings. The standard InChI is InChI=1S/C9H10F2.H3N/c1-2-3-7-4-8(10)6-9(11)5-7;/h4-6H,2-3H2,1H3;1H3. The van der Waals surface area contributed by atoms with Crippen LogP contribution in [0.25, 0.3) is 0 Å². The van der Waals surface area contributed by atoms with E-state index in [0.717, 1.165) is 24.5 Å². The highest BCUT2D eigenvalue weighted by atomic mass is 19.1. The van der Waals surface area contributed by atoms with E-state index >= 15 is 0 Å². The van der Waals surface area contributed by atoms with Gasteiger partial charge in [0.1, 0.15) is 11.6 Å². The van der Waals surface area contributed by atoms with Crippen molar-refractivity contribution in [2.24, 2.45) is 0 Å². The molecular formula is C9H13F2N. The zero-order chi connectivity index (χ0) is 8.27. The Labute approximate surface area is 71.0 Å². The average molecular weight is 173 g/mol. The van der Waals surface area contributed by atoms with Gasteiger partial charge in [-0.25, -0.2) is 8.78 Å². The van der Waals surface area contributed by atoms with Crippen LogP contribution in [0.4, 0.5) is 8.78 Å². The number of aryl methyl sites for hydroxylation is 1. The third-order valence-corrected chi connectivity index (χ3v) is 1.46. The van der Waals surface area contributed by atoms with Crippen LogP contribution in [0.15, 0.2) is 18.2 Å². The molecule has 0 bridgehead atoms. The van der Waals surface area contributed by atoms with Crippen LogP contribution in [0, 0.1) is 11.6 Å². The summed E-state index contributed by atoms with van der Waals surface area (Å²) in [6.45, 7) is 1.98. The molecule has 0 saturated carbocycles. The van der Waals surface area contributed by atoms with Crippen molar-refractivity contribution < 1.29 is 8.78 Å². The predicted octanol–water partition coefficient (Wildman–Crippen LogP) is 3.08. The van der Waals surface area contributed by atoms with Gasteiger partial charge >= 0.3 is 0 Å². The lowest BCUT2D eigenvalue weighted by Crippen LogP contribution is -1.87. The van der Waals surface area contributed by atoms with Crippen LogP contribution >= 0.6 is 0 Å². The fraction of sp³-hybridized carbons (Fsp3) is 0.333. The van der Waals surface area contributed by atoms with E-state index in [-0.39, 0.29) is 6.15 Å². The monoisotopic (exact) mass is 173 g/mol. The maximum absolute atomic E-state index is 12.5. The molecule has 0 aromatic heterocycles. The van der Waals surface area contributed by atoms with Crippen molar-refractivity contribution in [3.8, 4) is 0 Å². The highest BCUT2D eigenvalue weighted by molar-refractivity contribution is 5.17. The second-order valence-corrected chi connectivity index (χ2v) is 2.53. The summed E-state index contributed by atoms with van der Waals surface area (Å²) in [5.74, 6) is -0.984. The summed E-state index contributed by atoms with van der Waals surface area (Å²) in [5, 5.41) is 0. The molecular weight excluding hydrogens is 160 g/mol. The molecule has 0 aliphatic carbocycles. The first-order valence-electron chi connectivity index (χ1n) is 3.67. The second-order valence-electron chi connectivity index (χ2n) is 2.53. The molecule has 1 aromatic carbocycles. The van der Waals surface area contributed by atoms with Crippen LogP contribution < -0.4 is 6.15 Å². The van der Waals surface area contributed by atoms with Gasteiger partial charge in [-0.1, -0.05) is 13.3 Å². The van der Waals surface area contributed by atoms with Crippen LogP contribution in [0.5, 0.6) is 0 Å². The van der Waals surface area contributed by atoms with Gasteiger partial charge in [0.25, 0.3) is 0 Å². The first-order chi connectivity index (χ1) is 5.22. The molecule has 1 nitrogen and oxygen atoms in total. The molecule has 12 heavy (non-hydrogen) atoms. The molecule has 0 radical (unpaired) electrons. The Morgan fingerprint density at radius 1 is 1.08 bits per heavy atom. The van der Waals surface area contributed by atoms with Crippen molar-refractivity contribution in [1.29, 1.82) is 0 Å². The van der Waals surface area contributed by atoms with Crippen molar-refractivity contribution in [2.45, 2.75) is 19.8 Å². The summed E-state index contributed by atoms with van der Waals surface area (Å²) in [4.78, 5) is 0. The van der Waals surface area contributed by atoms with Crippen LogP contribution in [-0.2, 0) is 6.42 Å². The fourth-order valence-electron chi connectivity index (χ4n) is 1.04. The van der Waals surface area contributed by atoms with Crippen molar-refractivity contribution in [3.63, 3.8) is 0 Å². The Kier molecular flexibility index (Phi) is 4.44. The van der Waals surface area contributed by atoms with Crippen molar-refractivity contribution in [3.05, 3.63) is 35.4 Å². The molecule has 0 heterocycles. The van der Waals surface area contributed by atoms with Crippen molar-refractivity contribution in [1.82, 2.24) is 6.15 Å². The first-order valence-corrected chi connectivity index (χ1v) is 3.67. The summed E-state index contributed by atoms with van der Waals surface area (Å²) in [6, 6.07) is 3.62. The minimum atomic E-state index is -0.492. The van der Waals surface area contributed by atoms with Crippen LogP contribution in [0.1, 0.15) is 18.9 Å². The van der Waals surface area contributed by atoms with Crippen LogP contribution in [0.2, 0.25) is 0 Å². The zero-order valence-corrected chi connectivity index (χ0v) is 7.11. The van der Waals surface area contributed by atoms with Crippen molar-refractivity contribution >= 4 is 0 Å². The molecule has 3 N–H and O–H groups in total. The number of rotatable bonds is 2. The molecule has 1 rings (SSSR count). The van der Waals surface area contributed by atoms with Gasteiger partial charge in [-0.3, -0.25) is 0 Å². The molecule has 68 valence electrons. The Bertz CT molecular complexity index is 228. The summed E-state index contributed by atoms with van der Waals surface area (Å²) in [6.07, 6.45) is 1.64. The topological polar surface area (TPSA) is 35.0 Å². The lowest BCUT2D eigenvalue weighted by Gasteiger charge is -1.98. The third-order valence-electron chi connectivity index (χ3n) is 1.46. The predicted molar refractivity (Wildman–Crippen MR) is 45.4 cm³/mol. The van der Waals surface area contributed by atoms with E-state index in [1.165, 1.54) is 12.1 Å². The van der Waals surface area contributed by atoms with Gasteiger partial charge in [-0.15, -0.1) is 0 Å². The molecule has 0 spiro atoms. The summed E-state index contributed by atoms with van der Waals surface area (Å²) < 4.78 is 25.0. The average Bonchev–Trinajstić information content (AvgIpc) is 1.85. The number of benzene rings is 1. The summed E-state index contributed by atoms with van der Waals surface area (Å²) >= 11 is 0. The highest BCUT2D eigenvalue weighted by Gasteiger charge is 1.98. The van der Waals surface area contributed by atoms with Gasteiger partial charge in [-0.2, -0.15) is 0 Å². The van der Waals surface area contributed by atoms with Gasteiger partial charge < -0.3 is 6.15 Å². The lowest BCUT2D eigenvalue weighted by atomic mass is 10.1. The largest absolute Gasteiger partial charge is 0.344 e. The van der Waals surface area contributed by atoms with E-state index in [0.29, 0.717) is 0 Å². The van der Waals surface area contributed by atoms with E-state index in [2.05, 4.69) is 0 Å². The lowest BCUT2D eigenvalue weighted by molar-refractivity contribution is 0.579. The maximum atomic E-state index is 12.5. The number of hydrogen-bond acceptors (Lipinski definition) is 1. The van der Waals surface area contributed by atoms with E-state index in [1.807, 2.05) is 6.92 Å². The normalized spacial score (nSPS) is 9.25. The highest BCUT2D eigenvalue weighted by Crippen LogP contribution is 2.09. The van der Waals surface area contributed by atoms with E-state index in [1.54, 1.807) is 0 Å². The molecule has 0 saturated heterocycles. The molecule has 0 unspecified atom stereocenters. The third kappa shape index (κ3) is 2.96. The van der Waals surface area contributed by atoms with Crippen molar-refractivity contribution in [2.75, 3.05) is 0 Å². The van der Waals surface area contributed by atoms with E-state index < -0.39 is 11.6 Å². The summed E-state index contributed by atoms with van der Waals surface area (Å²) in [5.41, 5.74) is 0.727. The Hall–Kier alpha value is -0.960. The fourth-order valence-corrected chi connectivity index (χ4v) is 1.04. The minimum absolute atomic E-state index is 0. The molecule has 1 aromatic rings.